The molecule has 1 aromatic heterocycles. The van der Waals surface area contributed by atoms with E-state index in [-0.39, 0.29) is 12.5 Å². The summed E-state index contributed by atoms with van der Waals surface area (Å²) in [6.45, 7) is 3.07. The van der Waals surface area contributed by atoms with E-state index in [1.165, 1.54) is 0 Å². The minimum absolute atomic E-state index is 0.138. The number of hydrogen-bond donors (Lipinski definition) is 2. The first kappa shape index (κ1) is 23.0. The summed E-state index contributed by atoms with van der Waals surface area (Å²) in [5.74, 6) is 0.626. The van der Waals surface area contributed by atoms with Crippen LogP contribution >= 0.6 is 0 Å². The highest BCUT2D eigenvalue weighted by molar-refractivity contribution is 5.86. The molecule has 2 N–H and O–H groups in total. The summed E-state index contributed by atoms with van der Waals surface area (Å²) >= 11 is 0. The molecule has 1 unspecified atom stereocenters. The van der Waals surface area contributed by atoms with Gasteiger partial charge in [0.05, 0.1) is 11.0 Å². The first-order chi connectivity index (χ1) is 16.6. The van der Waals surface area contributed by atoms with Gasteiger partial charge in [0.1, 0.15) is 18.5 Å². The Bertz CT molecular complexity index is 1240. The molecule has 0 aliphatic carbocycles. The molecule has 0 bridgehead atoms. The average molecular weight is 457 g/mol. The number of nitrogens with zero attached hydrogens (tertiary/aromatic N) is 2. The van der Waals surface area contributed by atoms with Crippen molar-refractivity contribution in [2.45, 2.75) is 32.5 Å². The summed E-state index contributed by atoms with van der Waals surface area (Å²) in [5.41, 5.74) is 3.78. The molecule has 0 spiro atoms. The number of fused-ring (bicyclic) bond motifs is 1. The lowest BCUT2D eigenvalue weighted by Crippen LogP contribution is -2.48. The van der Waals surface area contributed by atoms with Crippen LogP contribution in [-0.4, -0.2) is 34.1 Å². The Hall–Kier alpha value is -4.13. The Morgan fingerprint density at radius 2 is 1.56 bits per heavy atom. The fourth-order valence-corrected chi connectivity index (χ4v) is 3.86. The average Bonchev–Trinajstić information content (AvgIpc) is 3.18. The Balaban J connectivity index is 1.37. The van der Waals surface area contributed by atoms with E-state index >= 15 is 0 Å². The molecule has 0 radical (unpaired) electrons. The Kier molecular flexibility index (Phi) is 7.55. The number of hydrogen-bond acceptors (Lipinski definition) is 4. The van der Waals surface area contributed by atoms with Crippen molar-refractivity contribution in [3.05, 3.63) is 102 Å². The largest absolute Gasteiger partial charge is 0.445 e. The van der Waals surface area contributed by atoms with Crippen molar-refractivity contribution in [1.82, 2.24) is 20.2 Å². The molecule has 0 saturated heterocycles. The summed E-state index contributed by atoms with van der Waals surface area (Å²) in [6, 6.07) is 26.2. The van der Waals surface area contributed by atoms with E-state index in [2.05, 4.69) is 20.2 Å². The molecule has 1 atom stereocenters. The number of carbonyl (C=O) groups is 2. The molecule has 0 aliphatic rings. The third kappa shape index (κ3) is 6.01. The number of rotatable bonds is 9. The van der Waals surface area contributed by atoms with Gasteiger partial charge in [-0.3, -0.25) is 4.79 Å². The number of para-hydroxylation sites is 2. The molecule has 2 amide bonds. The van der Waals surface area contributed by atoms with E-state index in [9.17, 15) is 9.59 Å². The van der Waals surface area contributed by atoms with Gasteiger partial charge < -0.3 is 19.9 Å². The van der Waals surface area contributed by atoms with Gasteiger partial charge in [0.2, 0.25) is 5.91 Å². The van der Waals surface area contributed by atoms with Crippen molar-refractivity contribution < 1.29 is 14.3 Å². The second-order valence-electron chi connectivity index (χ2n) is 8.04. The maximum absolute atomic E-state index is 13.0. The molecular formula is C27H28N4O3. The fraction of sp³-hybridized carbons (Fsp3) is 0.222. The topological polar surface area (TPSA) is 85.3 Å². The van der Waals surface area contributed by atoms with Crippen LogP contribution in [-0.2, 0) is 29.1 Å². The lowest BCUT2D eigenvalue weighted by molar-refractivity contribution is -0.123. The Morgan fingerprint density at radius 3 is 2.29 bits per heavy atom. The zero-order valence-electron chi connectivity index (χ0n) is 19.1. The first-order valence-corrected chi connectivity index (χ1v) is 11.3. The number of benzene rings is 3. The van der Waals surface area contributed by atoms with Crippen LogP contribution in [0, 0.1) is 6.92 Å². The van der Waals surface area contributed by atoms with Gasteiger partial charge in [-0.25, -0.2) is 9.78 Å². The van der Waals surface area contributed by atoms with Crippen LogP contribution in [0.25, 0.3) is 11.0 Å². The molecule has 7 nitrogen and oxygen atoms in total. The molecule has 0 saturated carbocycles. The van der Waals surface area contributed by atoms with Gasteiger partial charge in [-0.15, -0.1) is 0 Å². The highest BCUT2D eigenvalue weighted by Gasteiger charge is 2.22. The molecule has 174 valence electrons. The van der Waals surface area contributed by atoms with Crippen molar-refractivity contribution in [2.24, 2.45) is 0 Å². The quantitative estimate of drug-likeness (QED) is 0.399. The number of alkyl carbamates (subject to hydrolysis) is 1. The summed E-state index contributed by atoms with van der Waals surface area (Å²) in [4.78, 5) is 30.0. The third-order valence-corrected chi connectivity index (χ3v) is 5.58. The van der Waals surface area contributed by atoms with Crippen LogP contribution in [0.1, 0.15) is 17.0 Å². The number of amides is 2. The number of aryl methyl sites for hydroxylation is 1. The monoisotopic (exact) mass is 456 g/mol. The predicted molar refractivity (Wildman–Crippen MR) is 131 cm³/mol. The van der Waals surface area contributed by atoms with Crippen molar-refractivity contribution in [1.29, 1.82) is 0 Å². The van der Waals surface area contributed by atoms with Crippen LogP contribution in [0.3, 0.4) is 0 Å². The molecule has 0 aliphatic heterocycles. The first-order valence-electron chi connectivity index (χ1n) is 11.3. The fourth-order valence-electron chi connectivity index (χ4n) is 3.86. The number of nitrogens with one attached hydrogen (secondary N) is 2. The van der Waals surface area contributed by atoms with E-state index in [4.69, 9.17) is 4.74 Å². The number of ether oxygens (including phenoxy) is 1. The molecule has 0 fully saturated rings. The Morgan fingerprint density at radius 1 is 0.912 bits per heavy atom. The maximum atomic E-state index is 13.0. The Labute approximate surface area is 198 Å². The second-order valence-corrected chi connectivity index (χ2v) is 8.04. The number of carbonyl (C=O) groups excluding carboxylic acids is 2. The predicted octanol–water partition coefficient (Wildman–Crippen LogP) is 4.00. The van der Waals surface area contributed by atoms with Gasteiger partial charge >= 0.3 is 6.09 Å². The standard InChI is InChI=1S/C27H28N4O3/c1-20-29-23-14-8-9-15-25(23)31(20)17-16-28-26(32)24(18-21-10-4-2-5-11-21)30-27(33)34-19-22-12-6-3-7-13-22/h2-15,24H,16-19H2,1H3,(H,28,32)(H,30,33). The summed E-state index contributed by atoms with van der Waals surface area (Å²) < 4.78 is 7.40. The molecule has 7 heteroatoms. The zero-order valence-corrected chi connectivity index (χ0v) is 19.1. The van der Waals surface area contributed by atoms with Gasteiger partial charge in [0.15, 0.2) is 0 Å². The number of aromatic nitrogens is 2. The lowest BCUT2D eigenvalue weighted by Gasteiger charge is -2.19. The lowest BCUT2D eigenvalue weighted by atomic mass is 10.1. The van der Waals surface area contributed by atoms with Crippen LogP contribution in [0.4, 0.5) is 4.79 Å². The highest BCUT2D eigenvalue weighted by atomic mass is 16.5. The van der Waals surface area contributed by atoms with Crippen molar-refractivity contribution in [2.75, 3.05) is 6.54 Å². The minimum Gasteiger partial charge on any atom is -0.445 e. The van der Waals surface area contributed by atoms with Crippen molar-refractivity contribution in [3.63, 3.8) is 0 Å². The molecule has 34 heavy (non-hydrogen) atoms. The second kappa shape index (κ2) is 11.1. The number of imidazole rings is 1. The summed E-state index contributed by atoms with van der Waals surface area (Å²) in [6.07, 6.45) is -0.267. The van der Waals surface area contributed by atoms with E-state index < -0.39 is 12.1 Å². The van der Waals surface area contributed by atoms with Crippen molar-refractivity contribution in [3.8, 4) is 0 Å². The van der Waals surface area contributed by atoms with Crippen LogP contribution < -0.4 is 10.6 Å². The normalized spacial score (nSPS) is 11.7. The van der Waals surface area contributed by atoms with Crippen LogP contribution in [0.2, 0.25) is 0 Å². The molecule has 4 rings (SSSR count). The van der Waals surface area contributed by atoms with E-state index in [0.29, 0.717) is 19.5 Å². The summed E-state index contributed by atoms with van der Waals surface area (Å²) in [7, 11) is 0. The molecule has 3 aromatic carbocycles. The van der Waals surface area contributed by atoms with Crippen LogP contribution in [0.15, 0.2) is 84.9 Å². The van der Waals surface area contributed by atoms with Crippen LogP contribution in [0.5, 0.6) is 0 Å². The SMILES string of the molecule is Cc1nc2ccccc2n1CCNC(=O)C(Cc1ccccc1)NC(=O)OCc1ccccc1. The van der Waals surface area contributed by atoms with Gasteiger partial charge in [-0.2, -0.15) is 0 Å². The van der Waals surface area contributed by atoms with Gasteiger partial charge in [0.25, 0.3) is 0 Å². The van der Waals surface area contributed by atoms with Gasteiger partial charge in [-0.1, -0.05) is 72.8 Å². The van der Waals surface area contributed by atoms with E-state index in [0.717, 1.165) is 28.0 Å². The van der Waals surface area contributed by atoms with Gasteiger partial charge in [-0.05, 0) is 30.2 Å². The zero-order chi connectivity index (χ0) is 23.8. The maximum Gasteiger partial charge on any atom is 0.408 e. The molecule has 4 aromatic rings. The third-order valence-electron chi connectivity index (χ3n) is 5.58. The van der Waals surface area contributed by atoms with E-state index in [1.54, 1.807) is 0 Å². The molecular weight excluding hydrogens is 428 g/mol. The summed E-state index contributed by atoms with van der Waals surface area (Å²) in [5, 5.41) is 5.68. The van der Waals surface area contributed by atoms with Crippen molar-refractivity contribution >= 4 is 23.0 Å². The minimum atomic E-state index is -0.758. The molecule has 1 heterocycles. The smallest absolute Gasteiger partial charge is 0.408 e. The van der Waals surface area contributed by atoms with E-state index in [1.807, 2.05) is 91.9 Å². The highest BCUT2D eigenvalue weighted by Crippen LogP contribution is 2.15. The van der Waals surface area contributed by atoms with Gasteiger partial charge in [0, 0.05) is 19.5 Å².